The zero-order chi connectivity index (χ0) is 25.0. The number of fused-ring (bicyclic) bond motifs is 2. The zero-order valence-corrected chi connectivity index (χ0v) is 20.6. The summed E-state index contributed by atoms with van der Waals surface area (Å²) in [4.78, 5) is 51.4. The van der Waals surface area contributed by atoms with Crippen molar-refractivity contribution in [2.24, 2.45) is 11.8 Å². The van der Waals surface area contributed by atoms with Crippen LogP contribution in [0.15, 0.2) is 12.7 Å². The molecule has 2 aromatic rings. The quantitative estimate of drug-likeness (QED) is 0.480. The van der Waals surface area contributed by atoms with Crippen LogP contribution in [-0.2, 0) is 19.0 Å². The summed E-state index contributed by atoms with van der Waals surface area (Å²) in [5, 5.41) is 0. The number of hydrogen-bond acceptors (Lipinski definition) is 9. The van der Waals surface area contributed by atoms with Crippen LogP contribution < -0.4 is 4.90 Å². The van der Waals surface area contributed by atoms with Crippen molar-refractivity contribution < 1.29 is 28.6 Å². The molecule has 0 spiro atoms. The molecule has 2 saturated carbocycles. The third-order valence-corrected chi connectivity index (χ3v) is 5.71. The molecule has 2 aliphatic rings. The van der Waals surface area contributed by atoms with Gasteiger partial charge in [0.1, 0.15) is 23.6 Å². The molecule has 4 atom stereocenters. The predicted octanol–water partition coefficient (Wildman–Crippen LogP) is 4.02. The van der Waals surface area contributed by atoms with Gasteiger partial charge in [-0.25, -0.2) is 24.5 Å². The molecule has 0 unspecified atom stereocenters. The highest BCUT2D eigenvalue weighted by atomic mass is 16.6. The van der Waals surface area contributed by atoms with E-state index in [2.05, 4.69) is 15.0 Å². The predicted molar refractivity (Wildman–Crippen MR) is 121 cm³/mol. The molecule has 2 fully saturated rings. The molecular weight excluding hydrogens is 442 g/mol. The summed E-state index contributed by atoms with van der Waals surface area (Å²) >= 11 is 0. The van der Waals surface area contributed by atoms with Gasteiger partial charge in [-0.3, -0.25) is 4.79 Å². The van der Waals surface area contributed by atoms with Crippen molar-refractivity contribution in [3.8, 4) is 0 Å². The molecule has 11 nitrogen and oxygen atoms in total. The summed E-state index contributed by atoms with van der Waals surface area (Å²) < 4.78 is 18.3. The van der Waals surface area contributed by atoms with E-state index in [-0.39, 0.29) is 29.4 Å². The van der Waals surface area contributed by atoms with Crippen LogP contribution in [0.25, 0.3) is 11.2 Å². The Bertz CT molecular complexity index is 1100. The molecule has 2 heterocycles. The van der Waals surface area contributed by atoms with E-state index in [1.165, 1.54) is 13.3 Å². The fraction of sp³-hybridized carbons (Fsp3) is 0.652. The highest BCUT2D eigenvalue weighted by molar-refractivity contribution is 6.12. The molecule has 0 saturated heterocycles. The van der Waals surface area contributed by atoms with E-state index in [1.807, 2.05) is 4.57 Å². The summed E-state index contributed by atoms with van der Waals surface area (Å²) in [6.45, 7) is 11.6. The van der Waals surface area contributed by atoms with Crippen LogP contribution >= 0.6 is 0 Å². The van der Waals surface area contributed by atoms with Crippen LogP contribution in [-0.4, -0.2) is 55.0 Å². The van der Waals surface area contributed by atoms with Gasteiger partial charge in [0, 0.05) is 25.3 Å². The average Bonchev–Trinajstić information content (AvgIpc) is 3.21. The lowest BCUT2D eigenvalue weighted by molar-refractivity contribution is -0.147. The van der Waals surface area contributed by atoms with E-state index in [0.29, 0.717) is 23.9 Å². The van der Waals surface area contributed by atoms with Gasteiger partial charge in [0.15, 0.2) is 17.0 Å². The second kappa shape index (κ2) is 8.21. The monoisotopic (exact) mass is 473 g/mol. The third kappa shape index (κ3) is 4.83. The molecule has 2 amide bonds. The molecule has 184 valence electrons. The van der Waals surface area contributed by atoms with E-state index in [0.717, 1.165) is 11.3 Å². The number of anilines is 1. The van der Waals surface area contributed by atoms with Gasteiger partial charge in [0.25, 0.3) is 0 Å². The second-order valence-corrected chi connectivity index (χ2v) is 10.8. The number of carbonyl (C=O) groups is 3. The number of rotatable bonds is 3. The standard InChI is InChI=1S/C23H31N5O6/c1-12(29)32-16-9-15(13-8-14(13)16)27-11-26-17-18(27)24-10-25-19(17)28(20(30)33-22(2,3)4)21(31)34-23(5,6)7/h10-11,13-16H,8-9H2,1-7H3/t13-,14+,15-,16-/m1/s1. The molecular formula is C23H31N5O6. The van der Waals surface area contributed by atoms with Crippen molar-refractivity contribution in [3.05, 3.63) is 12.7 Å². The number of nitrogens with zero attached hydrogens (tertiary/aromatic N) is 5. The van der Waals surface area contributed by atoms with E-state index < -0.39 is 23.4 Å². The second-order valence-electron chi connectivity index (χ2n) is 10.8. The fourth-order valence-corrected chi connectivity index (χ4v) is 4.47. The van der Waals surface area contributed by atoms with Crippen LogP contribution in [0.1, 0.15) is 67.3 Å². The van der Waals surface area contributed by atoms with E-state index >= 15 is 0 Å². The first-order valence-corrected chi connectivity index (χ1v) is 11.4. The summed E-state index contributed by atoms with van der Waals surface area (Å²) in [6.07, 6.45) is 2.54. The fourth-order valence-electron chi connectivity index (χ4n) is 4.47. The Morgan fingerprint density at radius 2 is 1.56 bits per heavy atom. The molecule has 2 aliphatic carbocycles. The number of amides is 2. The smallest absolute Gasteiger partial charge is 0.425 e. The normalized spacial score (nSPS) is 23.9. The van der Waals surface area contributed by atoms with E-state index in [4.69, 9.17) is 14.2 Å². The maximum absolute atomic E-state index is 13.1. The van der Waals surface area contributed by atoms with Gasteiger partial charge in [-0.2, -0.15) is 4.90 Å². The first kappa shape index (κ1) is 23.9. The van der Waals surface area contributed by atoms with Gasteiger partial charge in [0.2, 0.25) is 0 Å². The number of ether oxygens (including phenoxy) is 3. The SMILES string of the molecule is CC(=O)O[C@@H]1C[C@@H](n2cnc3c(N(C(=O)OC(C)(C)C)C(=O)OC(C)(C)C)ncnc32)[C@@H]2C[C@@H]21. The zero-order valence-electron chi connectivity index (χ0n) is 20.6. The maximum Gasteiger partial charge on any atom is 0.425 e. The molecule has 0 aromatic carbocycles. The molecule has 2 aromatic heterocycles. The summed E-state index contributed by atoms with van der Waals surface area (Å²) in [7, 11) is 0. The average molecular weight is 474 g/mol. The lowest BCUT2D eigenvalue weighted by atomic mass is 10.1. The number of aromatic nitrogens is 4. The Morgan fingerprint density at radius 1 is 0.941 bits per heavy atom. The van der Waals surface area contributed by atoms with Gasteiger partial charge < -0.3 is 18.8 Å². The van der Waals surface area contributed by atoms with Crippen LogP contribution in [0.5, 0.6) is 0 Å². The van der Waals surface area contributed by atoms with Gasteiger partial charge in [-0.05, 0) is 53.9 Å². The Balaban J connectivity index is 1.71. The Morgan fingerprint density at radius 3 is 2.12 bits per heavy atom. The largest absolute Gasteiger partial charge is 0.462 e. The first-order chi connectivity index (χ1) is 15.7. The summed E-state index contributed by atoms with van der Waals surface area (Å²) in [5.74, 6) is 0.372. The van der Waals surface area contributed by atoms with Gasteiger partial charge in [-0.1, -0.05) is 0 Å². The van der Waals surface area contributed by atoms with Crippen molar-refractivity contribution in [2.45, 2.75) is 84.7 Å². The van der Waals surface area contributed by atoms with Crippen molar-refractivity contribution in [3.63, 3.8) is 0 Å². The lowest BCUT2D eigenvalue weighted by Gasteiger charge is -2.28. The first-order valence-electron chi connectivity index (χ1n) is 11.4. The third-order valence-electron chi connectivity index (χ3n) is 5.71. The Kier molecular flexibility index (Phi) is 5.77. The molecule has 4 rings (SSSR count). The number of imide groups is 1. The molecule has 0 bridgehead atoms. The molecule has 0 aliphatic heterocycles. The highest BCUT2D eigenvalue weighted by Gasteiger charge is 2.57. The molecule has 34 heavy (non-hydrogen) atoms. The van der Waals surface area contributed by atoms with Crippen molar-refractivity contribution in [1.82, 2.24) is 19.5 Å². The van der Waals surface area contributed by atoms with Crippen LogP contribution in [0, 0.1) is 11.8 Å². The highest BCUT2D eigenvalue weighted by Crippen LogP contribution is 2.59. The molecule has 11 heteroatoms. The minimum absolute atomic E-state index is 0.0193. The molecule has 0 radical (unpaired) electrons. The Hall–Kier alpha value is -3.24. The van der Waals surface area contributed by atoms with Gasteiger partial charge in [-0.15, -0.1) is 0 Å². The van der Waals surface area contributed by atoms with Gasteiger partial charge in [0.05, 0.1) is 6.33 Å². The van der Waals surface area contributed by atoms with Crippen molar-refractivity contribution in [2.75, 3.05) is 4.90 Å². The number of imidazole rings is 1. The van der Waals surface area contributed by atoms with E-state index in [9.17, 15) is 14.4 Å². The van der Waals surface area contributed by atoms with E-state index in [1.54, 1.807) is 47.9 Å². The maximum atomic E-state index is 13.1. The lowest BCUT2D eigenvalue weighted by Crippen LogP contribution is -2.44. The number of carbonyl (C=O) groups excluding carboxylic acids is 3. The summed E-state index contributed by atoms with van der Waals surface area (Å²) in [6, 6.07) is 0.0404. The van der Waals surface area contributed by atoms with Crippen LogP contribution in [0.4, 0.5) is 15.4 Å². The topological polar surface area (TPSA) is 126 Å². The van der Waals surface area contributed by atoms with Gasteiger partial charge >= 0.3 is 18.2 Å². The van der Waals surface area contributed by atoms with Crippen LogP contribution in [0.2, 0.25) is 0 Å². The number of esters is 1. The number of hydrogen-bond donors (Lipinski definition) is 0. The Labute approximate surface area is 197 Å². The minimum Gasteiger partial charge on any atom is -0.462 e. The van der Waals surface area contributed by atoms with Crippen molar-refractivity contribution in [1.29, 1.82) is 0 Å². The molecule has 0 N–H and O–H groups in total. The summed E-state index contributed by atoms with van der Waals surface area (Å²) in [5.41, 5.74) is -0.952. The van der Waals surface area contributed by atoms with Crippen molar-refractivity contribution >= 4 is 35.1 Å². The minimum atomic E-state index is -0.922. The van der Waals surface area contributed by atoms with Crippen LogP contribution in [0.3, 0.4) is 0 Å².